The highest BCUT2D eigenvalue weighted by Gasteiger charge is 2.21. The van der Waals surface area contributed by atoms with Crippen LogP contribution in [0.4, 0.5) is 0 Å². The molecule has 0 bridgehead atoms. The van der Waals surface area contributed by atoms with Gasteiger partial charge in [-0.05, 0) is 26.1 Å². The van der Waals surface area contributed by atoms with Gasteiger partial charge in [-0.2, -0.15) is 0 Å². The number of rotatable bonds is 2. The third-order valence-electron chi connectivity index (χ3n) is 3.11. The van der Waals surface area contributed by atoms with E-state index in [-0.39, 0.29) is 0 Å². The Morgan fingerprint density at radius 3 is 3.00 bits per heavy atom. The topological polar surface area (TPSA) is 19.4 Å². The van der Waals surface area contributed by atoms with Gasteiger partial charge in [-0.25, -0.2) is 0 Å². The van der Waals surface area contributed by atoms with Crippen LogP contribution < -0.4 is 0 Å². The van der Waals surface area contributed by atoms with Crippen LogP contribution in [0, 0.1) is 0 Å². The molecule has 1 aliphatic rings. The third kappa shape index (κ3) is 2.94. The first-order chi connectivity index (χ1) is 7.65. The molecule has 1 saturated heterocycles. The molecule has 1 aromatic heterocycles. The molecule has 1 aliphatic heterocycles. The number of piperazine rings is 1. The van der Waals surface area contributed by atoms with Crippen LogP contribution in [0.5, 0.6) is 0 Å². The molecule has 16 heavy (non-hydrogen) atoms. The molecule has 4 heteroatoms. The van der Waals surface area contributed by atoms with Crippen LogP contribution in [-0.2, 0) is 6.54 Å². The van der Waals surface area contributed by atoms with E-state index in [1.807, 2.05) is 12.1 Å². The number of nitrogens with zero attached hydrogens (tertiary/aromatic N) is 3. The summed E-state index contributed by atoms with van der Waals surface area (Å²) in [5, 5.41) is 0.770. The Kier molecular flexibility index (Phi) is 3.79. The van der Waals surface area contributed by atoms with Crippen LogP contribution in [-0.4, -0.2) is 47.5 Å². The average Bonchev–Trinajstić information content (AvgIpc) is 2.22. The standard InChI is InChI=1S/C12H18ClN3/c1-10-8-15(2)5-6-16(10)9-12-7-11(13)3-4-14-12/h3-4,7,10H,5-6,8-9H2,1-2H3. The second kappa shape index (κ2) is 5.13. The van der Waals surface area contributed by atoms with Crippen molar-refractivity contribution in [2.75, 3.05) is 26.7 Å². The summed E-state index contributed by atoms with van der Waals surface area (Å²) >= 11 is 5.96. The van der Waals surface area contributed by atoms with Gasteiger partial charge in [0.15, 0.2) is 0 Å². The van der Waals surface area contributed by atoms with Crippen molar-refractivity contribution in [2.24, 2.45) is 0 Å². The van der Waals surface area contributed by atoms with Crippen molar-refractivity contribution in [2.45, 2.75) is 19.5 Å². The summed E-state index contributed by atoms with van der Waals surface area (Å²) in [4.78, 5) is 9.17. The van der Waals surface area contributed by atoms with Crippen molar-refractivity contribution in [3.05, 3.63) is 29.0 Å². The minimum absolute atomic E-state index is 0.583. The SMILES string of the molecule is CC1CN(C)CCN1Cc1cc(Cl)ccn1. The largest absolute Gasteiger partial charge is 0.304 e. The number of hydrogen-bond donors (Lipinski definition) is 0. The van der Waals surface area contributed by atoms with Gasteiger partial charge >= 0.3 is 0 Å². The van der Waals surface area contributed by atoms with Crippen molar-refractivity contribution in [3.63, 3.8) is 0 Å². The first-order valence-corrected chi connectivity index (χ1v) is 6.06. The van der Waals surface area contributed by atoms with E-state index in [1.165, 1.54) is 0 Å². The van der Waals surface area contributed by atoms with E-state index in [0.717, 1.165) is 36.9 Å². The molecule has 2 heterocycles. The molecule has 0 aliphatic carbocycles. The van der Waals surface area contributed by atoms with E-state index in [9.17, 15) is 0 Å². The molecule has 0 amide bonds. The zero-order valence-electron chi connectivity index (χ0n) is 9.86. The molecule has 0 aromatic carbocycles. The normalized spacial score (nSPS) is 23.6. The monoisotopic (exact) mass is 239 g/mol. The van der Waals surface area contributed by atoms with E-state index in [1.54, 1.807) is 6.20 Å². The first-order valence-electron chi connectivity index (χ1n) is 5.68. The van der Waals surface area contributed by atoms with E-state index >= 15 is 0 Å². The zero-order chi connectivity index (χ0) is 11.5. The van der Waals surface area contributed by atoms with E-state index in [0.29, 0.717) is 6.04 Å². The number of aromatic nitrogens is 1. The summed E-state index contributed by atoms with van der Waals surface area (Å²) in [5.74, 6) is 0. The van der Waals surface area contributed by atoms with Gasteiger partial charge in [-0.3, -0.25) is 9.88 Å². The van der Waals surface area contributed by atoms with Gasteiger partial charge in [0.1, 0.15) is 0 Å². The lowest BCUT2D eigenvalue weighted by Crippen LogP contribution is -2.49. The zero-order valence-corrected chi connectivity index (χ0v) is 10.6. The fourth-order valence-electron chi connectivity index (χ4n) is 2.16. The average molecular weight is 240 g/mol. The van der Waals surface area contributed by atoms with Crippen molar-refractivity contribution >= 4 is 11.6 Å². The highest BCUT2D eigenvalue weighted by Crippen LogP contribution is 2.14. The van der Waals surface area contributed by atoms with Crippen LogP contribution in [0.15, 0.2) is 18.3 Å². The molecule has 0 radical (unpaired) electrons. The molecule has 2 rings (SSSR count). The van der Waals surface area contributed by atoms with Crippen molar-refractivity contribution in [1.82, 2.24) is 14.8 Å². The number of pyridine rings is 1. The maximum Gasteiger partial charge on any atom is 0.0558 e. The molecule has 88 valence electrons. The molecule has 1 unspecified atom stereocenters. The van der Waals surface area contributed by atoms with Gasteiger partial charge in [0, 0.05) is 43.4 Å². The Morgan fingerprint density at radius 2 is 2.31 bits per heavy atom. The molecule has 0 N–H and O–H groups in total. The predicted molar refractivity (Wildman–Crippen MR) is 66.6 cm³/mol. The smallest absolute Gasteiger partial charge is 0.0558 e. The highest BCUT2D eigenvalue weighted by atomic mass is 35.5. The molecule has 1 atom stereocenters. The second-order valence-electron chi connectivity index (χ2n) is 4.55. The number of likely N-dealkylation sites (N-methyl/N-ethyl adjacent to an activating group) is 1. The first kappa shape index (κ1) is 11.8. The minimum atomic E-state index is 0.583. The van der Waals surface area contributed by atoms with Gasteiger partial charge in [-0.1, -0.05) is 11.6 Å². The lowest BCUT2D eigenvalue weighted by molar-refractivity contribution is 0.0927. The fourth-order valence-corrected chi connectivity index (χ4v) is 2.34. The molecule has 0 saturated carbocycles. The highest BCUT2D eigenvalue weighted by molar-refractivity contribution is 6.30. The summed E-state index contributed by atoms with van der Waals surface area (Å²) in [6.07, 6.45) is 1.78. The Labute approximate surface area is 102 Å². The van der Waals surface area contributed by atoms with Gasteiger partial charge < -0.3 is 4.90 Å². The number of halogens is 1. The molecular formula is C12H18ClN3. The van der Waals surface area contributed by atoms with Gasteiger partial charge in [0.2, 0.25) is 0 Å². The van der Waals surface area contributed by atoms with Crippen molar-refractivity contribution in [1.29, 1.82) is 0 Å². The Bertz CT molecular complexity index is 356. The van der Waals surface area contributed by atoms with Crippen LogP contribution in [0.2, 0.25) is 5.02 Å². The Balaban J connectivity index is 1.99. The summed E-state index contributed by atoms with van der Waals surface area (Å²) < 4.78 is 0. The molecular weight excluding hydrogens is 222 g/mol. The van der Waals surface area contributed by atoms with Crippen molar-refractivity contribution < 1.29 is 0 Å². The molecule has 0 spiro atoms. The van der Waals surface area contributed by atoms with Crippen LogP contribution in [0.3, 0.4) is 0 Å². The summed E-state index contributed by atoms with van der Waals surface area (Å²) in [7, 11) is 2.17. The fraction of sp³-hybridized carbons (Fsp3) is 0.583. The lowest BCUT2D eigenvalue weighted by Gasteiger charge is -2.37. The van der Waals surface area contributed by atoms with Gasteiger partial charge in [-0.15, -0.1) is 0 Å². The maximum absolute atomic E-state index is 5.96. The van der Waals surface area contributed by atoms with Crippen molar-refractivity contribution in [3.8, 4) is 0 Å². The Morgan fingerprint density at radius 1 is 1.50 bits per heavy atom. The molecule has 1 aromatic rings. The van der Waals surface area contributed by atoms with Crippen LogP contribution in [0.25, 0.3) is 0 Å². The van der Waals surface area contributed by atoms with E-state index in [4.69, 9.17) is 11.6 Å². The summed E-state index contributed by atoms with van der Waals surface area (Å²) in [5.41, 5.74) is 1.06. The maximum atomic E-state index is 5.96. The van der Waals surface area contributed by atoms with Gasteiger partial charge in [0.05, 0.1) is 5.69 Å². The second-order valence-corrected chi connectivity index (χ2v) is 4.98. The van der Waals surface area contributed by atoms with Crippen LogP contribution in [0.1, 0.15) is 12.6 Å². The summed E-state index contributed by atoms with van der Waals surface area (Å²) in [6, 6.07) is 4.35. The molecule has 3 nitrogen and oxygen atoms in total. The van der Waals surface area contributed by atoms with Crippen LogP contribution >= 0.6 is 11.6 Å². The molecule has 1 fully saturated rings. The third-order valence-corrected chi connectivity index (χ3v) is 3.35. The summed E-state index contributed by atoms with van der Waals surface area (Å²) in [6.45, 7) is 6.52. The minimum Gasteiger partial charge on any atom is -0.304 e. The van der Waals surface area contributed by atoms with E-state index in [2.05, 4.69) is 28.8 Å². The lowest BCUT2D eigenvalue weighted by atomic mass is 10.2. The Hall–Kier alpha value is -0.640. The van der Waals surface area contributed by atoms with Gasteiger partial charge in [0.25, 0.3) is 0 Å². The van der Waals surface area contributed by atoms with E-state index < -0.39 is 0 Å². The number of hydrogen-bond acceptors (Lipinski definition) is 3. The quantitative estimate of drug-likeness (QED) is 0.786. The predicted octanol–water partition coefficient (Wildman–Crippen LogP) is 1.87.